The Kier molecular flexibility index (Phi) is 4.74. The second kappa shape index (κ2) is 6.95. The van der Waals surface area contributed by atoms with E-state index in [1.807, 2.05) is 24.3 Å². The van der Waals surface area contributed by atoms with E-state index in [9.17, 15) is 4.79 Å². The number of nitrogens with one attached hydrogen (secondary N) is 1. The van der Waals surface area contributed by atoms with Gasteiger partial charge in [0.1, 0.15) is 0 Å². The lowest BCUT2D eigenvalue weighted by Crippen LogP contribution is -2.29. The monoisotopic (exact) mass is 323 g/mol. The van der Waals surface area contributed by atoms with Crippen molar-refractivity contribution in [3.05, 3.63) is 59.7 Å². The average molecular weight is 323 g/mol. The Morgan fingerprint density at radius 3 is 2.42 bits per heavy atom. The minimum atomic E-state index is -0.0445. The first kappa shape index (κ1) is 16.4. The first-order valence-electron chi connectivity index (χ1n) is 8.44. The second-order valence-corrected chi connectivity index (χ2v) is 6.63. The Bertz CT molecular complexity index is 711. The predicted molar refractivity (Wildman–Crippen MR) is 99.8 cm³/mol. The lowest BCUT2D eigenvalue weighted by molar-refractivity contribution is 0.0963. The van der Waals surface area contributed by atoms with Crippen molar-refractivity contribution < 1.29 is 4.79 Å². The summed E-state index contributed by atoms with van der Waals surface area (Å²) in [7, 11) is 3.82. The molecule has 2 aromatic carbocycles. The minimum Gasteiger partial charge on any atom is -0.373 e. The van der Waals surface area contributed by atoms with Gasteiger partial charge < -0.3 is 15.1 Å². The Morgan fingerprint density at radius 2 is 1.75 bits per heavy atom. The van der Waals surface area contributed by atoms with Crippen LogP contribution in [0, 0.1) is 5.92 Å². The highest BCUT2D eigenvalue weighted by molar-refractivity contribution is 5.93. The molecule has 0 radical (unpaired) electrons. The van der Waals surface area contributed by atoms with Crippen molar-refractivity contribution in [2.24, 2.45) is 5.92 Å². The number of para-hydroxylation sites is 2. The molecule has 24 heavy (non-hydrogen) atoms. The average Bonchev–Trinajstić information content (AvgIpc) is 2.72. The molecular formula is C20H25N3O. The smallest absolute Gasteiger partial charge is 0.251 e. The number of hydrogen-bond donors (Lipinski definition) is 1. The molecule has 1 aliphatic rings. The SMILES string of the molecule is CNC(=O)c1ccc(CN2C[C@H](C)CN(C)c3ccccc32)cc1. The molecule has 4 heteroatoms. The van der Waals surface area contributed by atoms with Gasteiger partial charge in [-0.3, -0.25) is 4.79 Å². The maximum Gasteiger partial charge on any atom is 0.251 e. The number of benzene rings is 2. The van der Waals surface area contributed by atoms with Gasteiger partial charge in [-0.1, -0.05) is 31.2 Å². The normalized spacial score (nSPS) is 17.2. The fourth-order valence-corrected chi connectivity index (χ4v) is 3.43. The molecule has 0 bridgehead atoms. The van der Waals surface area contributed by atoms with Gasteiger partial charge in [0.25, 0.3) is 5.91 Å². The molecule has 1 N–H and O–H groups in total. The van der Waals surface area contributed by atoms with E-state index in [0.29, 0.717) is 11.5 Å². The molecule has 0 fully saturated rings. The van der Waals surface area contributed by atoms with Gasteiger partial charge in [-0.2, -0.15) is 0 Å². The molecule has 0 saturated carbocycles. The largest absolute Gasteiger partial charge is 0.373 e. The van der Waals surface area contributed by atoms with Crippen molar-refractivity contribution in [3.8, 4) is 0 Å². The Labute approximate surface area is 144 Å². The number of nitrogens with zero attached hydrogens (tertiary/aromatic N) is 2. The van der Waals surface area contributed by atoms with Crippen molar-refractivity contribution >= 4 is 17.3 Å². The quantitative estimate of drug-likeness (QED) is 0.942. The molecule has 0 aromatic heterocycles. The molecule has 0 spiro atoms. The Hall–Kier alpha value is -2.49. The van der Waals surface area contributed by atoms with Crippen molar-refractivity contribution in [1.29, 1.82) is 0 Å². The summed E-state index contributed by atoms with van der Waals surface area (Å²) in [6, 6.07) is 16.5. The van der Waals surface area contributed by atoms with Crippen LogP contribution in [0.1, 0.15) is 22.8 Å². The molecule has 0 saturated heterocycles. The second-order valence-electron chi connectivity index (χ2n) is 6.63. The van der Waals surface area contributed by atoms with Crippen LogP contribution in [0.25, 0.3) is 0 Å². The van der Waals surface area contributed by atoms with E-state index in [0.717, 1.165) is 19.6 Å². The van der Waals surface area contributed by atoms with Gasteiger partial charge in [0.05, 0.1) is 11.4 Å². The van der Waals surface area contributed by atoms with Crippen molar-refractivity contribution in [1.82, 2.24) is 5.32 Å². The zero-order valence-corrected chi connectivity index (χ0v) is 14.6. The van der Waals surface area contributed by atoms with Gasteiger partial charge in [-0.25, -0.2) is 0 Å². The summed E-state index contributed by atoms with van der Waals surface area (Å²) in [4.78, 5) is 16.5. The van der Waals surface area contributed by atoms with Gasteiger partial charge >= 0.3 is 0 Å². The van der Waals surface area contributed by atoms with Crippen LogP contribution in [0.4, 0.5) is 11.4 Å². The highest BCUT2D eigenvalue weighted by atomic mass is 16.1. The standard InChI is InChI=1S/C20H25N3O/c1-15-12-22(3)18-6-4-5-7-19(18)23(13-15)14-16-8-10-17(11-9-16)20(24)21-2/h4-11,15H,12-14H2,1-3H3,(H,21,24)/t15-/m1/s1. The van der Waals surface area contributed by atoms with E-state index in [-0.39, 0.29) is 5.91 Å². The number of carbonyl (C=O) groups excluding carboxylic acids is 1. The van der Waals surface area contributed by atoms with Crippen LogP contribution in [0.2, 0.25) is 0 Å². The van der Waals surface area contributed by atoms with Crippen molar-refractivity contribution in [2.45, 2.75) is 13.5 Å². The lowest BCUT2D eigenvalue weighted by atomic mass is 10.1. The van der Waals surface area contributed by atoms with Gasteiger partial charge in [0, 0.05) is 39.3 Å². The van der Waals surface area contributed by atoms with E-state index in [1.54, 1.807) is 7.05 Å². The van der Waals surface area contributed by atoms with E-state index in [1.165, 1.54) is 16.9 Å². The van der Waals surface area contributed by atoms with Crippen LogP contribution < -0.4 is 15.1 Å². The number of anilines is 2. The van der Waals surface area contributed by atoms with Gasteiger partial charge in [0.2, 0.25) is 0 Å². The summed E-state index contributed by atoms with van der Waals surface area (Å²) < 4.78 is 0. The fraction of sp³-hybridized carbons (Fsp3) is 0.350. The molecular weight excluding hydrogens is 298 g/mol. The van der Waals surface area contributed by atoms with Crippen molar-refractivity contribution in [3.63, 3.8) is 0 Å². The molecule has 3 rings (SSSR count). The van der Waals surface area contributed by atoms with Gasteiger partial charge in [-0.15, -0.1) is 0 Å². The third-order valence-corrected chi connectivity index (χ3v) is 4.57. The number of rotatable bonds is 3. The zero-order chi connectivity index (χ0) is 17.1. The summed E-state index contributed by atoms with van der Waals surface area (Å²) in [5.74, 6) is 0.546. The topological polar surface area (TPSA) is 35.6 Å². The highest BCUT2D eigenvalue weighted by Gasteiger charge is 2.22. The molecule has 1 atom stereocenters. The van der Waals surface area contributed by atoms with Crippen molar-refractivity contribution in [2.75, 3.05) is 37.0 Å². The summed E-state index contributed by atoms with van der Waals surface area (Å²) in [6.45, 7) is 5.23. The number of amides is 1. The molecule has 0 unspecified atom stereocenters. The zero-order valence-electron chi connectivity index (χ0n) is 14.6. The van der Waals surface area contributed by atoms with Crippen LogP contribution in [0.3, 0.4) is 0 Å². The molecule has 1 aliphatic heterocycles. The molecule has 1 heterocycles. The summed E-state index contributed by atoms with van der Waals surface area (Å²) >= 11 is 0. The first-order chi connectivity index (χ1) is 11.6. The van der Waals surface area contributed by atoms with E-state index < -0.39 is 0 Å². The maximum atomic E-state index is 11.7. The third kappa shape index (κ3) is 3.37. The number of fused-ring (bicyclic) bond motifs is 1. The molecule has 1 amide bonds. The molecule has 0 aliphatic carbocycles. The van der Waals surface area contributed by atoms with Crippen LogP contribution in [-0.4, -0.2) is 33.1 Å². The summed E-state index contributed by atoms with van der Waals surface area (Å²) in [5.41, 5.74) is 4.48. The molecule has 126 valence electrons. The van der Waals surface area contributed by atoms with E-state index >= 15 is 0 Å². The third-order valence-electron chi connectivity index (χ3n) is 4.57. The molecule has 4 nitrogen and oxygen atoms in total. The minimum absolute atomic E-state index is 0.0445. The number of hydrogen-bond acceptors (Lipinski definition) is 3. The lowest BCUT2D eigenvalue weighted by Gasteiger charge is -2.26. The summed E-state index contributed by atoms with van der Waals surface area (Å²) in [6.07, 6.45) is 0. The fourth-order valence-electron chi connectivity index (χ4n) is 3.43. The van der Waals surface area contributed by atoms with Crippen LogP contribution in [0.5, 0.6) is 0 Å². The Balaban J connectivity index is 1.85. The van der Waals surface area contributed by atoms with Crippen LogP contribution >= 0.6 is 0 Å². The van der Waals surface area contributed by atoms with Gasteiger partial charge in [0.15, 0.2) is 0 Å². The maximum absolute atomic E-state index is 11.7. The van der Waals surface area contributed by atoms with E-state index in [4.69, 9.17) is 0 Å². The van der Waals surface area contributed by atoms with E-state index in [2.05, 4.69) is 53.4 Å². The van der Waals surface area contributed by atoms with Crippen LogP contribution in [-0.2, 0) is 6.54 Å². The summed E-state index contributed by atoms with van der Waals surface area (Å²) in [5, 5.41) is 2.66. The molecule has 2 aromatic rings. The Morgan fingerprint density at radius 1 is 1.08 bits per heavy atom. The predicted octanol–water partition coefficient (Wildman–Crippen LogP) is 3.14. The number of carbonyl (C=O) groups is 1. The van der Waals surface area contributed by atoms with Crippen LogP contribution in [0.15, 0.2) is 48.5 Å². The highest BCUT2D eigenvalue weighted by Crippen LogP contribution is 2.33. The van der Waals surface area contributed by atoms with Gasteiger partial charge in [-0.05, 0) is 35.7 Å². The first-order valence-corrected chi connectivity index (χ1v) is 8.44.